The zero-order valence-electron chi connectivity index (χ0n) is 13.0. The molecule has 5 heteroatoms. The Morgan fingerprint density at radius 2 is 1.87 bits per heavy atom. The van der Waals surface area contributed by atoms with Crippen LogP contribution in [0.5, 0.6) is 5.75 Å². The van der Waals surface area contributed by atoms with Crippen molar-refractivity contribution in [2.45, 2.75) is 24.8 Å². The number of nitrogens with one attached hydrogen (secondary N) is 1. The van der Waals surface area contributed by atoms with Crippen molar-refractivity contribution in [1.29, 1.82) is 0 Å². The Hall–Kier alpha value is -2.56. The number of ether oxygens (including phenoxy) is 1. The summed E-state index contributed by atoms with van der Waals surface area (Å²) >= 11 is 0. The molecule has 1 aliphatic rings. The second-order valence-electron chi connectivity index (χ2n) is 5.71. The van der Waals surface area contributed by atoms with Crippen molar-refractivity contribution in [2.75, 3.05) is 12.4 Å². The van der Waals surface area contributed by atoms with E-state index in [1.807, 2.05) is 36.4 Å². The number of rotatable bonds is 4. The van der Waals surface area contributed by atoms with Gasteiger partial charge in [-0.05, 0) is 54.7 Å². The van der Waals surface area contributed by atoms with Gasteiger partial charge in [-0.2, -0.15) is 0 Å². The highest BCUT2D eigenvalue weighted by molar-refractivity contribution is 5.92. The summed E-state index contributed by atoms with van der Waals surface area (Å²) in [5, 5.41) is 3.06. The van der Waals surface area contributed by atoms with Gasteiger partial charge in [0.25, 0.3) is 0 Å². The van der Waals surface area contributed by atoms with Crippen molar-refractivity contribution < 1.29 is 9.13 Å². The van der Waals surface area contributed by atoms with E-state index in [-0.39, 0.29) is 17.8 Å². The molecule has 2 aromatic rings. The topological polar surface area (TPSA) is 59.6 Å². The number of hydrogen-bond donors (Lipinski definition) is 2. The molecule has 0 radical (unpaired) electrons. The zero-order chi connectivity index (χ0) is 16.2. The first-order chi connectivity index (χ1) is 11.2. The molecule has 2 aromatic carbocycles. The van der Waals surface area contributed by atoms with Crippen LogP contribution in [0.3, 0.4) is 0 Å². The Morgan fingerprint density at radius 1 is 1.17 bits per heavy atom. The van der Waals surface area contributed by atoms with Crippen LogP contribution in [0.1, 0.15) is 24.3 Å². The molecule has 0 aliphatic heterocycles. The van der Waals surface area contributed by atoms with Gasteiger partial charge < -0.3 is 15.8 Å². The molecule has 0 bridgehead atoms. The summed E-state index contributed by atoms with van der Waals surface area (Å²) in [7, 11) is 1.63. The summed E-state index contributed by atoms with van der Waals surface area (Å²) in [5.74, 6) is 1.27. The minimum Gasteiger partial charge on any atom is -0.497 e. The Kier molecular flexibility index (Phi) is 4.46. The van der Waals surface area contributed by atoms with Gasteiger partial charge in [-0.3, -0.25) is 0 Å². The monoisotopic (exact) mass is 313 g/mol. The molecule has 120 valence electrons. The second-order valence-corrected chi connectivity index (χ2v) is 5.71. The van der Waals surface area contributed by atoms with Crippen molar-refractivity contribution in [3.63, 3.8) is 0 Å². The lowest BCUT2D eigenvalue weighted by atomic mass is 9.76. The van der Waals surface area contributed by atoms with E-state index in [1.165, 1.54) is 6.07 Å². The van der Waals surface area contributed by atoms with Gasteiger partial charge in [-0.15, -0.1) is 0 Å². The van der Waals surface area contributed by atoms with Gasteiger partial charge in [0.1, 0.15) is 11.6 Å². The largest absolute Gasteiger partial charge is 0.497 e. The Morgan fingerprint density at radius 3 is 2.52 bits per heavy atom. The highest BCUT2D eigenvalue weighted by atomic mass is 19.1. The van der Waals surface area contributed by atoms with E-state index in [9.17, 15) is 4.39 Å². The summed E-state index contributed by atoms with van der Waals surface area (Å²) in [5.41, 5.74) is 7.57. The van der Waals surface area contributed by atoms with E-state index in [0.717, 1.165) is 29.8 Å². The van der Waals surface area contributed by atoms with E-state index < -0.39 is 0 Å². The number of halogens is 1. The number of nitrogens with two attached hydrogens (primary N) is 1. The SMILES string of the molecule is COc1ccc(NC(N)=NC2CC(c3ccccc3F)C2)cc1. The van der Waals surface area contributed by atoms with Crippen molar-refractivity contribution in [1.82, 2.24) is 0 Å². The third-order valence-electron chi connectivity index (χ3n) is 4.14. The van der Waals surface area contributed by atoms with Crippen LogP contribution in [0.4, 0.5) is 10.1 Å². The number of hydrogen-bond acceptors (Lipinski definition) is 2. The van der Waals surface area contributed by atoms with Crippen molar-refractivity contribution >= 4 is 11.6 Å². The maximum Gasteiger partial charge on any atom is 0.193 e. The van der Waals surface area contributed by atoms with Crippen molar-refractivity contribution in [3.05, 3.63) is 59.9 Å². The molecule has 4 nitrogen and oxygen atoms in total. The number of nitrogens with zero attached hydrogens (tertiary/aromatic N) is 1. The lowest BCUT2D eigenvalue weighted by Gasteiger charge is -2.33. The molecule has 0 aromatic heterocycles. The molecule has 1 fully saturated rings. The molecule has 3 N–H and O–H groups in total. The molecule has 1 saturated carbocycles. The summed E-state index contributed by atoms with van der Waals surface area (Å²) in [6, 6.07) is 14.5. The number of methoxy groups -OCH3 is 1. The Bertz CT molecular complexity index is 694. The van der Waals surface area contributed by atoms with E-state index >= 15 is 0 Å². The highest BCUT2D eigenvalue weighted by Gasteiger charge is 2.31. The van der Waals surface area contributed by atoms with Crippen LogP contribution in [-0.4, -0.2) is 19.1 Å². The summed E-state index contributed by atoms with van der Waals surface area (Å²) in [4.78, 5) is 4.46. The van der Waals surface area contributed by atoms with Crippen LogP contribution in [0.15, 0.2) is 53.5 Å². The molecule has 0 unspecified atom stereocenters. The van der Waals surface area contributed by atoms with Gasteiger partial charge >= 0.3 is 0 Å². The summed E-state index contributed by atoms with van der Waals surface area (Å²) in [6.07, 6.45) is 1.65. The lowest BCUT2D eigenvalue weighted by Crippen LogP contribution is -2.31. The smallest absolute Gasteiger partial charge is 0.193 e. The molecule has 0 saturated heterocycles. The van der Waals surface area contributed by atoms with Gasteiger partial charge in [0.15, 0.2) is 5.96 Å². The first-order valence-electron chi connectivity index (χ1n) is 7.64. The average Bonchev–Trinajstić information content (AvgIpc) is 2.52. The Labute approximate surface area is 135 Å². The quantitative estimate of drug-likeness (QED) is 0.671. The molecule has 23 heavy (non-hydrogen) atoms. The normalized spacial score (nSPS) is 20.7. The van der Waals surface area contributed by atoms with Gasteiger partial charge in [0, 0.05) is 5.69 Å². The molecule has 0 atom stereocenters. The summed E-state index contributed by atoms with van der Waals surface area (Å²) in [6.45, 7) is 0. The fraction of sp³-hybridized carbons (Fsp3) is 0.278. The average molecular weight is 313 g/mol. The van der Waals surface area contributed by atoms with Crippen LogP contribution in [-0.2, 0) is 0 Å². The molecule has 0 amide bonds. The van der Waals surface area contributed by atoms with E-state index in [2.05, 4.69) is 10.3 Å². The first kappa shape index (κ1) is 15.3. The van der Waals surface area contributed by atoms with Crippen LogP contribution >= 0.6 is 0 Å². The number of benzene rings is 2. The minimum absolute atomic E-state index is 0.135. The van der Waals surface area contributed by atoms with Crippen LogP contribution in [0.2, 0.25) is 0 Å². The number of aliphatic imine (C=N–C) groups is 1. The fourth-order valence-corrected chi connectivity index (χ4v) is 2.80. The van der Waals surface area contributed by atoms with Crippen molar-refractivity contribution in [3.8, 4) is 5.75 Å². The van der Waals surface area contributed by atoms with Crippen LogP contribution in [0, 0.1) is 5.82 Å². The first-order valence-corrected chi connectivity index (χ1v) is 7.64. The standard InChI is InChI=1S/C18H20FN3O/c1-23-15-8-6-13(7-9-15)21-18(20)22-14-10-12(11-14)16-4-2-3-5-17(16)19/h2-9,12,14H,10-11H2,1H3,(H3,20,21,22). The molecular weight excluding hydrogens is 293 g/mol. The predicted octanol–water partition coefficient (Wildman–Crippen LogP) is 3.51. The molecular formula is C18H20FN3O. The fourth-order valence-electron chi connectivity index (χ4n) is 2.80. The molecule has 3 rings (SSSR count). The van der Waals surface area contributed by atoms with E-state index in [4.69, 9.17) is 10.5 Å². The van der Waals surface area contributed by atoms with E-state index in [0.29, 0.717) is 5.96 Å². The minimum atomic E-state index is -0.135. The van der Waals surface area contributed by atoms with Gasteiger partial charge in [-0.1, -0.05) is 18.2 Å². The van der Waals surface area contributed by atoms with Crippen LogP contribution < -0.4 is 15.8 Å². The lowest BCUT2D eigenvalue weighted by molar-refractivity contribution is 0.344. The van der Waals surface area contributed by atoms with Gasteiger partial charge in [0.05, 0.1) is 13.2 Å². The number of guanidine groups is 1. The van der Waals surface area contributed by atoms with Crippen molar-refractivity contribution in [2.24, 2.45) is 10.7 Å². The maximum atomic E-state index is 13.7. The Balaban J connectivity index is 1.55. The summed E-state index contributed by atoms with van der Waals surface area (Å²) < 4.78 is 18.8. The van der Waals surface area contributed by atoms with Gasteiger partial charge in [-0.25, -0.2) is 9.38 Å². The predicted molar refractivity (Wildman–Crippen MR) is 90.4 cm³/mol. The van der Waals surface area contributed by atoms with Crippen LogP contribution in [0.25, 0.3) is 0 Å². The third-order valence-corrected chi connectivity index (χ3v) is 4.14. The van der Waals surface area contributed by atoms with E-state index in [1.54, 1.807) is 13.2 Å². The zero-order valence-corrected chi connectivity index (χ0v) is 13.0. The molecule has 0 spiro atoms. The number of anilines is 1. The van der Waals surface area contributed by atoms with Gasteiger partial charge in [0.2, 0.25) is 0 Å². The molecule has 1 aliphatic carbocycles. The second kappa shape index (κ2) is 6.69. The highest BCUT2D eigenvalue weighted by Crippen LogP contribution is 2.39. The maximum absolute atomic E-state index is 13.7. The molecule has 0 heterocycles. The third kappa shape index (κ3) is 3.62.